The third kappa shape index (κ3) is 3.03. The van der Waals surface area contributed by atoms with Crippen molar-refractivity contribution in [3.05, 3.63) is 42.0 Å². The molecule has 0 aliphatic heterocycles. The van der Waals surface area contributed by atoms with Gasteiger partial charge < -0.3 is 5.73 Å². The molecule has 2 N–H and O–H groups in total. The minimum atomic E-state index is -3.78. The van der Waals surface area contributed by atoms with Gasteiger partial charge in [0.05, 0.1) is 11.1 Å². The second kappa shape index (κ2) is 6.15. The summed E-state index contributed by atoms with van der Waals surface area (Å²) in [4.78, 5) is -0.111. The number of halogens is 1. The first-order valence-corrected chi connectivity index (χ1v) is 8.20. The molecule has 1 heterocycles. The lowest BCUT2D eigenvalue weighted by molar-refractivity contribution is 0.394. The number of hydrogen-bond acceptors (Lipinski definition) is 4. The van der Waals surface area contributed by atoms with Gasteiger partial charge in [0.25, 0.3) is 0 Å². The van der Waals surface area contributed by atoms with E-state index in [1.165, 1.54) is 23.9 Å². The molecule has 120 valence electrons. The van der Waals surface area contributed by atoms with Crippen LogP contribution in [0.25, 0.3) is 5.69 Å². The van der Waals surface area contributed by atoms with Crippen molar-refractivity contribution in [3.8, 4) is 5.69 Å². The first-order chi connectivity index (χ1) is 10.3. The molecular formula is C14H19FN4O2S. The Morgan fingerprint density at radius 1 is 1.45 bits per heavy atom. The molecule has 0 fully saturated rings. The van der Waals surface area contributed by atoms with Crippen LogP contribution in [0.3, 0.4) is 0 Å². The zero-order valence-corrected chi connectivity index (χ0v) is 13.5. The predicted octanol–water partition coefficient (Wildman–Crippen LogP) is 1.29. The molecule has 1 aromatic carbocycles. The van der Waals surface area contributed by atoms with E-state index >= 15 is 0 Å². The third-order valence-corrected chi connectivity index (χ3v) is 5.48. The molecule has 1 atom stereocenters. The predicted molar refractivity (Wildman–Crippen MR) is 81.7 cm³/mol. The van der Waals surface area contributed by atoms with Crippen molar-refractivity contribution in [1.29, 1.82) is 0 Å². The number of benzene rings is 1. The lowest BCUT2D eigenvalue weighted by atomic mass is 10.3. The largest absolute Gasteiger partial charge is 0.329 e. The zero-order chi connectivity index (χ0) is 16.5. The normalized spacial score (nSPS) is 13.5. The van der Waals surface area contributed by atoms with Gasteiger partial charge in [-0.3, -0.25) is 0 Å². The van der Waals surface area contributed by atoms with Crippen molar-refractivity contribution in [2.75, 3.05) is 13.6 Å². The molecule has 0 aliphatic carbocycles. The molecule has 1 aromatic heterocycles. The summed E-state index contributed by atoms with van der Waals surface area (Å²) in [6, 6.07) is 3.39. The fourth-order valence-electron chi connectivity index (χ4n) is 1.93. The van der Waals surface area contributed by atoms with Gasteiger partial charge in [0.15, 0.2) is 0 Å². The molecule has 0 bridgehead atoms. The maximum atomic E-state index is 14.3. The van der Waals surface area contributed by atoms with E-state index in [1.54, 1.807) is 19.3 Å². The summed E-state index contributed by atoms with van der Waals surface area (Å²) in [6.07, 6.45) is 3.26. The number of rotatable bonds is 5. The Morgan fingerprint density at radius 3 is 2.64 bits per heavy atom. The molecule has 1 unspecified atom stereocenters. The van der Waals surface area contributed by atoms with E-state index in [1.807, 2.05) is 6.92 Å². The van der Waals surface area contributed by atoms with Gasteiger partial charge in [-0.15, -0.1) is 0 Å². The average molecular weight is 326 g/mol. The highest BCUT2D eigenvalue weighted by Gasteiger charge is 2.25. The summed E-state index contributed by atoms with van der Waals surface area (Å²) >= 11 is 0. The van der Waals surface area contributed by atoms with E-state index in [4.69, 9.17) is 5.73 Å². The Labute approximate surface area is 129 Å². The van der Waals surface area contributed by atoms with E-state index < -0.39 is 15.8 Å². The van der Waals surface area contributed by atoms with Gasteiger partial charge in [0.2, 0.25) is 10.0 Å². The number of nitrogens with two attached hydrogens (primary N) is 1. The first-order valence-electron chi connectivity index (χ1n) is 6.76. The summed E-state index contributed by atoms with van der Waals surface area (Å²) in [7, 11) is -2.36. The number of likely N-dealkylation sites (N-methyl/N-ethyl adjacent to an activating group) is 1. The van der Waals surface area contributed by atoms with E-state index in [9.17, 15) is 12.8 Å². The smallest absolute Gasteiger partial charge is 0.243 e. The second-order valence-corrected chi connectivity index (χ2v) is 7.18. The molecule has 2 rings (SSSR count). The maximum Gasteiger partial charge on any atom is 0.243 e. The Hall–Kier alpha value is -1.77. The van der Waals surface area contributed by atoms with Crippen LogP contribution in [0, 0.1) is 12.7 Å². The van der Waals surface area contributed by atoms with Crippen molar-refractivity contribution in [3.63, 3.8) is 0 Å². The molecule has 2 aromatic rings. The van der Waals surface area contributed by atoms with Crippen molar-refractivity contribution in [2.24, 2.45) is 5.73 Å². The van der Waals surface area contributed by atoms with Crippen LogP contribution in [0.15, 0.2) is 35.5 Å². The van der Waals surface area contributed by atoms with Crippen LogP contribution in [-0.2, 0) is 10.0 Å². The molecule has 22 heavy (non-hydrogen) atoms. The Bertz CT molecular complexity index is 773. The van der Waals surface area contributed by atoms with Crippen molar-refractivity contribution in [1.82, 2.24) is 14.1 Å². The van der Waals surface area contributed by atoms with E-state index in [0.29, 0.717) is 0 Å². The summed E-state index contributed by atoms with van der Waals surface area (Å²) in [6.45, 7) is 3.71. The molecule has 0 aliphatic rings. The van der Waals surface area contributed by atoms with Gasteiger partial charge in [-0.1, -0.05) is 0 Å². The zero-order valence-electron chi connectivity index (χ0n) is 12.7. The van der Waals surface area contributed by atoms with Crippen LogP contribution < -0.4 is 5.73 Å². The van der Waals surface area contributed by atoms with Crippen molar-refractivity contribution < 1.29 is 12.8 Å². The number of aryl methyl sites for hydroxylation is 1. The number of aromatic nitrogens is 2. The van der Waals surface area contributed by atoms with E-state index in [2.05, 4.69) is 5.10 Å². The van der Waals surface area contributed by atoms with Gasteiger partial charge >= 0.3 is 0 Å². The highest BCUT2D eigenvalue weighted by Crippen LogP contribution is 2.21. The van der Waals surface area contributed by atoms with Gasteiger partial charge in [-0.25, -0.2) is 17.5 Å². The Morgan fingerprint density at radius 2 is 2.14 bits per heavy atom. The molecular weight excluding hydrogens is 307 g/mol. The van der Waals surface area contributed by atoms with Crippen LogP contribution in [0.5, 0.6) is 0 Å². The third-order valence-electron chi connectivity index (χ3n) is 3.52. The molecule has 0 saturated carbocycles. The fourth-order valence-corrected chi connectivity index (χ4v) is 3.31. The van der Waals surface area contributed by atoms with Gasteiger partial charge in [0.1, 0.15) is 11.5 Å². The SMILES string of the molecule is Cc1cnn(-c2ccc(S(=O)(=O)N(C)C(C)CN)cc2F)c1. The number of nitrogens with zero attached hydrogens (tertiary/aromatic N) is 3. The number of hydrogen-bond donors (Lipinski definition) is 1. The van der Waals surface area contributed by atoms with Crippen molar-refractivity contribution >= 4 is 10.0 Å². The van der Waals surface area contributed by atoms with Gasteiger partial charge in [0, 0.05) is 25.8 Å². The lowest BCUT2D eigenvalue weighted by Gasteiger charge is -2.23. The van der Waals surface area contributed by atoms with Crippen LogP contribution in [0.1, 0.15) is 12.5 Å². The molecule has 0 spiro atoms. The number of sulfonamides is 1. The highest BCUT2D eigenvalue weighted by atomic mass is 32.2. The molecule has 8 heteroatoms. The molecule has 0 amide bonds. The highest BCUT2D eigenvalue weighted by molar-refractivity contribution is 7.89. The van der Waals surface area contributed by atoms with Crippen LogP contribution >= 0.6 is 0 Å². The summed E-state index contributed by atoms with van der Waals surface area (Å²) < 4.78 is 41.6. The first kappa shape index (κ1) is 16.6. The molecule has 0 radical (unpaired) electrons. The maximum absolute atomic E-state index is 14.3. The summed E-state index contributed by atoms with van der Waals surface area (Å²) in [5.74, 6) is -0.655. The summed E-state index contributed by atoms with van der Waals surface area (Å²) in [5, 5.41) is 4.02. The van der Waals surface area contributed by atoms with Crippen LogP contribution in [-0.4, -0.2) is 42.1 Å². The minimum Gasteiger partial charge on any atom is -0.329 e. The lowest BCUT2D eigenvalue weighted by Crippen LogP contribution is -2.39. The second-order valence-electron chi connectivity index (χ2n) is 5.18. The van der Waals surface area contributed by atoms with Gasteiger partial charge in [-0.2, -0.15) is 9.40 Å². The van der Waals surface area contributed by atoms with Crippen LogP contribution in [0.2, 0.25) is 0 Å². The summed E-state index contributed by atoms with van der Waals surface area (Å²) in [5.41, 5.74) is 6.57. The topological polar surface area (TPSA) is 81.2 Å². The Balaban J connectivity index is 2.41. The van der Waals surface area contributed by atoms with E-state index in [-0.39, 0.29) is 23.2 Å². The fraction of sp³-hybridized carbons (Fsp3) is 0.357. The van der Waals surface area contributed by atoms with Crippen molar-refractivity contribution in [2.45, 2.75) is 24.8 Å². The van der Waals surface area contributed by atoms with Crippen LogP contribution in [0.4, 0.5) is 4.39 Å². The standard InChI is InChI=1S/C14H19FN4O2S/c1-10-8-17-19(9-10)14-5-4-12(6-13(14)15)22(20,21)18(3)11(2)7-16/h4-6,8-9,11H,7,16H2,1-3H3. The quantitative estimate of drug-likeness (QED) is 0.897. The average Bonchev–Trinajstić information content (AvgIpc) is 2.91. The van der Waals surface area contributed by atoms with E-state index in [0.717, 1.165) is 15.9 Å². The Kier molecular flexibility index (Phi) is 4.64. The monoisotopic (exact) mass is 326 g/mol. The minimum absolute atomic E-state index is 0.111. The van der Waals surface area contributed by atoms with Gasteiger partial charge in [-0.05, 0) is 37.6 Å². The molecule has 6 nitrogen and oxygen atoms in total. The molecule has 0 saturated heterocycles.